The molecule has 0 N–H and O–H groups in total. The Hall–Kier alpha value is -1.38. The van der Waals surface area contributed by atoms with Crippen LogP contribution in [0.15, 0.2) is 24.7 Å². The summed E-state index contributed by atoms with van der Waals surface area (Å²) in [7, 11) is 0. The average molecular weight is 189 g/mol. The standard InChI is InChI=1S/C11H15N3/c1-11(2,3)6-9-4-5-10-7-12-8-14(10)13-9/h4-5,7-8H,6H2,1-3H3. The van der Waals surface area contributed by atoms with E-state index in [2.05, 4.69) is 43.0 Å². The minimum absolute atomic E-state index is 0.279. The van der Waals surface area contributed by atoms with Crippen molar-refractivity contribution in [2.45, 2.75) is 27.2 Å². The van der Waals surface area contributed by atoms with Crippen LogP contribution in [0.4, 0.5) is 0 Å². The highest BCUT2D eigenvalue weighted by Gasteiger charge is 2.12. The Kier molecular flexibility index (Phi) is 2.02. The summed E-state index contributed by atoms with van der Waals surface area (Å²) in [5.74, 6) is 0. The summed E-state index contributed by atoms with van der Waals surface area (Å²) in [4.78, 5) is 4.04. The topological polar surface area (TPSA) is 30.2 Å². The lowest BCUT2D eigenvalue weighted by molar-refractivity contribution is 0.404. The van der Waals surface area contributed by atoms with Gasteiger partial charge >= 0.3 is 0 Å². The average Bonchev–Trinajstić information content (AvgIpc) is 2.47. The Balaban J connectivity index is 2.35. The van der Waals surface area contributed by atoms with Gasteiger partial charge in [-0.1, -0.05) is 20.8 Å². The molecule has 74 valence electrons. The molecule has 0 saturated carbocycles. The molecule has 2 aromatic heterocycles. The molecule has 2 rings (SSSR count). The fourth-order valence-electron chi connectivity index (χ4n) is 1.49. The van der Waals surface area contributed by atoms with E-state index >= 15 is 0 Å². The lowest BCUT2D eigenvalue weighted by Gasteiger charge is -2.16. The molecule has 14 heavy (non-hydrogen) atoms. The van der Waals surface area contributed by atoms with E-state index in [1.807, 2.05) is 10.7 Å². The van der Waals surface area contributed by atoms with Gasteiger partial charge in [-0.3, -0.25) is 0 Å². The Labute approximate surface area is 83.8 Å². The summed E-state index contributed by atoms with van der Waals surface area (Å²) in [6, 6.07) is 4.13. The second-order valence-corrected chi connectivity index (χ2v) is 4.83. The van der Waals surface area contributed by atoms with Gasteiger partial charge in [-0.2, -0.15) is 5.10 Å². The van der Waals surface area contributed by atoms with Crippen LogP contribution >= 0.6 is 0 Å². The molecule has 0 aliphatic heterocycles. The molecule has 0 spiro atoms. The monoisotopic (exact) mass is 189 g/mol. The van der Waals surface area contributed by atoms with Crippen molar-refractivity contribution in [2.24, 2.45) is 5.41 Å². The molecule has 0 unspecified atom stereocenters. The van der Waals surface area contributed by atoms with Crippen molar-refractivity contribution in [1.29, 1.82) is 0 Å². The molecule has 2 aromatic rings. The van der Waals surface area contributed by atoms with Gasteiger partial charge in [0.2, 0.25) is 0 Å². The molecule has 0 saturated heterocycles. The molecular formula is C11H15N3. The van der Waals surface area contributed by atoms with Gasteiger partial charge in [-0.25, -0.2) is 9.50 Å². The molecule has 0 amide bonds. The van der Waals surface area contributed by atoms with E-state index in [0.29, 0.717) is 0 Å². The van der Waals surface area contributed by atoms with Crippen LogP contribution < -0.4 is 0 Å². The van der Waals surface area contributed by atoms with Crippen molar-refractivity contribution in [3.63, 3.8) is 0 Å². The van der Waals surface area contributed by atoms with Gasteiger partial charge in [0.1, 0.15) is 6.33 Å². The van der Waals surface area contributed by atoms with Crippen molar-refractivity contribution in [2.75, 3.05) is 0 Å². The highest BCUT2D eigenvalue weighted by molar-refractivity contribution is 5.42. The fourth-order valence-corrected chi connectivity index (χ4v) is 1.49. The summed E-state index contributed by atoms with van der Waals surface area (Å²) < 4.78 is 1.82. The SMILES string of the molecule is CC(C)(C)Cc1ccc2cncn2n1. The van der Waals surface area contributed by atoms with Crippen molar-refractivity contribution in [1.82, 2.24) is 14.6 Å². The number of aromatic nitrogens is 3. The van der Waals surface area contributed by atoms with Crippen LogP contribution in [0.25, 0.3) is 5.52 Å². The summed E-state index contributed by atoms with van der Waals surface area (Å²) in [5, 5.41) is 4.47. The largest absolute Gasteiger partial charge is 0.243 e. The van der Waals surface area contributed by atoms with Crippen molar-refractivity contribution in [3.8, 4) is 0 Å². The lowest BCUT2D eigenvalue weighted by Crippen LogP contribution is -2.11. The molecule has 0 radical (unpaired) electrons. The van der Waals surface area contributed by atoms with E-state index < -0.39 is 0 Å². The summed E-state index contributed by atoms with van der Waals surface area (Å²) in [6.07, 6.45) is 4.54. The normalized spacial score (nSPS) is 12.2. The maximum atomic E-state index is 4.47. The molecule has 3 nitrogen and oxygen atoms in total. The molecule has 0 aromatic carbocycles. The van der Waals surface area contributed by atoms with E-state index in [9.17, 15) is 0 Å². The van der Waals surface area contributed by atoms with Gasteiger partial charge in [0.05, 0.1) is 17.4 Å². The van der Waals surface area contributed by atoms with Gasteiger partial charge in [0, 0.05) is 0 Å². The quantitative estimate of drug-likeness (QED) is 0.689. The van der Waals surface area contributed by atoms with E-state index in [1.54, 1.807) is 6.33 Å². The van der Waals surface area contributed by atoms with E-state index in [0.717, 1.165) is 17.6 Å². The minimum Gasteiger partial charge on any atom is -0.243 e. The van der Waals surface area contributed by atoms with Gasteiger partial charge < -0.3 is 0 Å². The van der Waals surface area contributed by atoms with Gasteiger partial charge in [0.15, 0.2) is 0 Å². The zero-order chi connectivity index (χ0) is 10.2. The zero-order valence-corrected chi connectivity index (χ0v) is 8.86. The van der Waals surface area contributed by atoms with Crippen LogP contribution in [0.5, 0.6) is 0 Å². The van der Waals surface area contributed by atoms with E-state index in [4.69, 9.17) is 0 Å². The molecule has 0 atom stereocenters. The molecular weight excluding hydrogens is 174 g/mol. The maximum Gasteiger partial charge on any atom is 0.117 e. The smallest absolute Gasteiger partial charge is 0.117 e. The van der Waals surface area contributed by atoms with Gasteiger partial charge in [-0.15, -0.1) is 0 Å². The number of nitrogens with zero attached hydrogens (tertiary/aromatic N) is 3. The molecule has 0 aliphatic rings. The Morgan fingerprint density at radius 3 is 2.79 bits per heavy atom. The molecule has 0 aliphatic carbocycles. The predicted octanol–water partition coefficient (Wildman–Crippen LogP) is 2.32. The highest BCUT2D eigenvalue weighted by Crippen LogP contribution is 2.19. The van der Waals surface area contributed by atoms with Gasteiger partial charge in [0.25, 0.3) is 0 Å². The Morgan fingerprint density at radius 1 is 1.29 bits per heavy atom. The number of hydrogen-bond acceptors (Lipinski definition) is 2. The van der Waals surface area contributed by atoms with E-state index in [1.165, 1.54) is 0 Å². The summed E-state index contributed by atoms with van der Waals surface area (Å²) in [6.45, 7) is 6.65. The van der Waals surface area contributed by atoms with Crippen molar-refractivity contribution >= 4 is 5.52 Å². The molecule has 2 heterocycles. The molecule has 0 fully saturated rings. The van der Waals surface area contributed by atoms with E-state index in [-0.39, 0.29) is 5.41 Å². The van der Waals surface area contributed by atoms with Crippen LogP contribution in [0.1, 0.15) is 26.5 Å². The second-order valence-electron chi connectivity index (χ2n) is 4.83. The number of imidazole rings is 1. The lowest BCUT2D eigenvalue weighted by atomic mass is 9.90. The summed E-state index contributed by atoms with van der Waals surface area (Å²) in [5.41, 5.74) is 2.44. The molecule has 3 heteroatoms. The van der Waals surface area contributed by atoms with Crippen molar-refractivity contribution in [3.05, 3.63) is 30.4 Å². The number of rotatable bonds is 1. The predicted molar refractivity (Wildman–Crippen MR) is 56.1 cm³/mol. The van der Waals surface area contributed by atoms with Crippen LogP contribution in [0.3, 0.4) is 0 Å². The first-order chi connectivity index (χ1) is 6.54. The van der Waals surface area contributed by atoms with Crippen LogP contribution in [-0.2, 0) is 6.42 Å². The first-order valence-electron chi connectivity index (χ1n) is 4.83. The van der Waals surface area contributed by atoms with Crippen LogP contribution in [0, 0.1) is 5.41 Å². The third-order valence-corrected chi connectivity index (χ3v) is 2.04. The number of hydrogen-bond donors (Lipinski definition) is 0. The Morgan fingerprint density at radius 2 is 2.07 bits per heavy atom. The van der Waals surface area contributed by atoms with Gasteiger partial charge in [-0.05, 0) is 24.0 Å². The molecule has 0 bridgehead atoms. The summed E-state index contributed by atoms with van der Waals surface area (Å²) >= 11 is 0. The zero-order valence-electron chi connectivity index (χ0n) is 8.86. The highest BCUT2D eigenvalue weighted by atomic mass is 15.2. The maximum absolute atomic E-state index is 4.47. The van der Waals surface area contributed by atoms with Crippen LogP contribution in [-0.4, -0.2) is 14.6 Å². The second kappa shape index (κ2) is 3.08. The fraction of sp³-hybridized carbons (Fsp3) is 0.455. The number of fused-ring (bicyclic) bond motifs is 1. The third kappa shape index (κ3) is 1.92. The first kappa shape index (κ1) is 9.19. The third-order valence-electron chi connectivity index (χ3n) is 2.04. The Bertz CT molecular complexity index is 437. The van der Waals surface area contributed by atoms with Crippen molar-refractivity contribution < 1.29 is 0 Å². The minimum atomic E-state index is 0.279. The first-order valence-corrected chi connectivity index (χ1v) is 4.83. The van der Waals surface area contributed by atoms with Crippen LogP contribution in [0.2, 0.25) is 0 Å².